The molecule has 0 fully saturated rings. The Balaban J connectivity index is 3.03. The zero-order valence-corrected chi connectivity index (χ0v) is 6.61. The summed E-state index contributed by atoms with van der Waals surface area (Å²) in [6, 6.07) is 2.02. The van der Waals surface area contributed by atoms with Crippen LogP contribution in [-0.2, 0) is 0 Å². The van der Waals surface area contributed by atoms with Crippen molar-refractivity contribution in [2.75, 3.05) is 5.73 Å². The van der Waals surface area contributed by atoms with Gasteiger partial charge in [0.05, 0.1) is 5.00 Å². The number of thiophene rings is 1. The standard InChI is InChI=1S/C7H10N2S/c1-5-4-6(2-3-8)7(9)10-5/h2-4H,8-9H2,1H3/b3-2-. The summed E-state index contributed by atoms with van der Waals surface area (Å²) in [6.07, 6.45) is 3.30. The largest absolute Gasteiger partial charge is 0.405 e. The zero-order valence-electron chi connectivity index (χ0n) is 5.79. The molecule has 0 saturated carbocycles. The van der Waals surface area contributed by atoms with Crippen LogP contribution in [0.4, 0.5) is 5.00 Å². The van der Waals surface area contributed by atoms with Crippen molar-refractivity contribution in [3.05, 3.63) is 22.7 Å². The lowest BCUT2D eigenvalue weighted by Crippen LogP contribution is -1.82. The van der Waals surface area contributed by atoms with Crippen LogP contribution in [0, 0.1) is 6.92 Å². The predicted molar refractivity (Wildman–Crippen MR) is 46.7 cm³/mol. The molecule has 0 aromatic carbocycles. The van der Waals surface area contributed by atoms with Crippen LogP contribution in [-0.4, -0.2) is 0 Å². The molecule has 0 spiro atoms. The van der Waals surface area contributed by atoms with E-state index in [0.29, 0.717) is 0 Å². The lowest BCUT2D eigenvalue weighted by molar-refractivity contribution is 1.60. The summed E-state index contributed by atoms with van der Waals surface area (Å²) in [5.41, 5.74) is 11.9. The normalized spacial score (nSPS) is 10.9. The molecule has 0 amide bonds. The van der Waals surface area contributed by atoms with E-state index in [9.17, 15) is 0 Å². The first kappa shape index (κ1) is 7.15. The number of nitrogen functional groups attached to an aromatic ring is 1. The van der Waals surface area contributed by atoms with Crippen LogP contribution < -0.4 is 11.5 Å². The Morgan fingerprint density at radius 2 is 2.30 bits per heavy atom. The first-order valence-electron chi connectivity index (χ1n) is 2.98. The molecule has 0 saturated heterocycles. The number of aryl methyl sites for hydroxylation is 1. The van der Waals surface area contributed by atoms with Gasteiger partial charge in [-0.1, -0.05) is 0 Å². The number of hydrogen-bond acceptors (Lipinski definition) is 3. The average molecular weight is 154 g/mol. The van der Waals surface area contributed by atoms with E-state index in [2.05, 4.69) is 0 Å². The summed E-state index contributed by atoms with van der Waals surface area (Å²) in [6.45, 7) is 2.02. The summed E-state index contributed by atoms with van der Waals surface area (Å²) in [4.78, 5) is 1.21. The minimum atomic E-state index is 0.833. The number of anilines is 1. The third kappa shape index (κ3) is 1.30. The van der Waals surface area contributed by atoms with Gasteiger partial charge in [-0.15, -0.1) is 11.3 Å². The molecule has 0 atom stereocenters. The van der Waals surface area contributed by atoms with Crippen molar-refractivity contribution < 1.29 is 0 Å². The van der Waals surface area contributed by atoms with Crippen molar-refractivity contribution in [2.45, 2.75) is 6.92 Å². The Kier molecular flexibility index (Phi) is 1.97. The van der Waals surface area contributed by atoms with E-state index in [1.54, 1.807) is 17.4 Å². The second-order valence-corrected chi connectivity index (χ2v) is 3.32. The third-order valence-electron chi connectivity index (χ3n) is 1.19. The van der Waals surface area contributed by atoms with Gasteiger partial charge in [-0.3, -0.25) is 0 Å². The smallest absolute Gasteiger partial charge is 0.0933 e. The second-order valence-electron chi connectivity index (χ2n) is 2.04. The van der Waals surface area contributed by atoms with Gasteiger partial charge in [0.15, 0.2) is 0 Å². The molecule has 2 nitrogen and oxygen atoms in total. The zero-order chi connectivity index (χ0) is 7.56. The average Bonchev–Trinajstić information content (AvgIpc) is 2.13. The monoisotopic (exact) mass is 154 g/mol. The fourth-order valence-electron chi connectivity index (χ4n) is 0.786. The molecule has 0 aliphatic heterocycles. The highest BCUT2D eigenvalue weighted by Crippen LogP contribution is 2.24. The highest BCUT2D eigenvalue weighted by molar-refractivity contribution is 7.16. The van der Waals surface area contributed by atoms with E-state index < -0.39 is 0 Å². The van der Waals surface area contributed by atoms with Crippen molar-refractivity contribution in [2.24, 2.45) is 5.73 Å². The van der Waals surface area contributed by atoms with Crippen LogP contribution in [0.25, 0.3) is 6.08 Å². The van der Waals surface area contributed by atoms with Crippen LogP contribution in [0.15, 0.2) is 12.3 Å². The van der Waals surface area contributed by atoms with Gasteiger partial charge >= 0.3 is 0 Å². The third-order valence-corrected chi connectivity index (χ3v) is 2.09. The minimum Gasteiger partial charge on any atom is -0.405 e. The van der Waals surface area contributed by atoms with Gasteiger partial charge in [-0.05, 0) is 25.3 Å². The van der Waals surface area contributed by atoms with E-state index in [-0.39, 0.29) is 0 Å². The molecule has 10 heavy (non-hydrogen) atoms. The maximum atomic E-state index is 5.64. The molecule has 0 radical (unpaired) electrons. The molecule has 0 bridgehead atoms. The van der Waals surface area contributed by atoms with E-state index in [4.69, 9.17) is 11.5 Å². The Morgan fingerprint density at radius 1 is 1.60 bits per heavy atom. The first-order valence-corrected chi connectivity index (χ1v) is 3.80. The molecule has 1 aromatic rings. The van der Waals surface area contributed by atoms with Crippen molar-refractivity contribution in [3.8, 4) is 0 Å². The van der Waals surface area contributed by atoms with Gasteiger partial charge in [-0.2, -0.15) is 0 Å². The fraction of sp³-hybridized carbons (Fsp3) is 0.143. The van der Waals surface area contributed by atoms with Gasteiger partial charge in [0.1, 0.15) is 0 Å². The van der Waals surface area contributed by atoms with Gasteiger partial charge in [0.2, 0.25) is 0 Å². The summed E-state index contributed by atoms with van der Waals surface area (Å²) in [7, 11) is 0. The van der Waals surface area contributed by atoms with Crippen molar-refractivity contribution >= 4 is 22.4 Å². The van der Waals surface area contributed by atoms with Crippen LogP contribution in [0.3, 0.4) is 0 Å². The van der Waals surface area contributed by atoms with Crippen LogP contribution in [0.2, 0.25) is 0 Å². The number of rotatable bonds is 1. The van der Waals surface area contributed by atoms with Gasteiger partial charge in [-0.25, -0.2) is 0 Å². The lowest BCUT2D eigenvalue weighted by Gasteiger charge is -1.85. The molecule has 4 N–H and O–H groups in total. The lowest BCUT2D eigenvalue weighted by atomic mass is 10.3. The van der Waals surface area contributed by atoms with E-state index in [0.717, 1.165) is 10.6 Å². The van der Waals surface area contributed by atoms with Crippen LogP contribution in [0.1, 0.15) is 10.4 Å². The topological polar surface area (TPSA) is 52.0 Å². The summed E-state index contributed by atoms with van der Waals surface area (Å²) < 4.78 is 0. The van der Waals surface area contributed by atoms with Crippen LogP contribution >= 0.6 is 11.3 Å². The van der Waals surface area contributed by atoms with Crippen molar-refractivity contribution in [1.82, 2.24) is 0 Å². The van der Waals surface area contributed by atoms with E-state index >= 15 is 0 Å². The molecule has 1 rings (SSSR count). The molecule has 1 heterocycles. The highest BCUT2D eigenvalue weighted by Gasteiger charge is 1.97. The van der Waals surface area contributed by atoms with Gasteiger partial charge in [0.25, 0.3) is 0 Å². The molecule has 0 aliphatic carbocycles. The van der Waals surface area contributed by atoms with Gasteiger partial charge in [0, 0.05) is 10.4 Å². The maximum Gasteiger partial charge on any atom is 0.0933 e. The number of nitrogens with two attached hydrogens (primary N) is 2. The minimum absolute atomic E-state index is 0.833. The molecule has 0 unspecified atom stereocenters. The first-order chi connectivity index (χ1) is 4.74. The van der Waals surface area contributed by atoms with Gasteiger partial charge < -0.3 is 11.5 Å². The Bertz CT molecular complexity index is 250. The Labute approximate surface area is 64.2 Å². The predicted octanol–water partition coefficient (Wildman–Crippen LogP) is 1.57. The summed E-state index contributed by atoms with van der Waals surface area (Å²) in [5.74, 6) is 0. The molecular weight excluding hydrogens is 144 g/mol. The number of hydrogen-bond donors (Lipinski definition) is 2. The van der Waals surface area contributed by atoms with E-state index in [1.165, 1.54) is 11.1 Å². The molecule has 54 valence electrons. The molecule has 3 heteroatoms. The molecule has 0 aliphatic rings. The summed E-state index contributed by atoms with van der Waals surface area (Å²) >= 11 is 1.58. The molecule has 1 aromatic heterocycles. The van der Waals surface area contributed by atoms with Crippen molar-refractivity contribution in [1.29, 1.82) is 0 Å². The van der Waals surface area contributed by atoms with Crippen molar-refractivity contribution in [3.63, 3.8) is 0 Å². The quantitative estimate of drug-likeness (QED) is 0.645. The fourth-order valence-corrected chi connectivity index (χ4v) is 1.56. The maximum absolute atomic E-state index is 5.64. The van der Waals surface area contributed by atoms with Crippen LogP contribution in [0.5, 0.6) is 0 Å². The Morgan fingerprint density at radius 3 is 2.70 bits per heavy atom. The SMILES string of the molecule is Cc1cc(/C=C\N)c(N)s1. The second kappa shape index (κ2) is 2.75. The van der Waals surface area contributed by atoms with E-state index in [1.807, 2.05) is 13.0 Å². The Hall–Kier alpha value is -0.960. The molecular formula is C7H10N2S. The summed E-state index contributed by atoms with van der Waals surface area (Å²) in [5, 5.41) is 0.833. The highest BCUT2D eigenvalue weighted by atomic mass is 32.1.